The topological polar surface area (TPSA) is 64.6 Å². The van der Waals surface area contributed by atoms with Crippen molar-refractivity contribution in [3.05, 3.63) is 36.5 Å². The van der Waals surface area contributed by atoms with Crippen LogP contribution in [0.25, 0.3) is 11.3 Å². The summed E-state index contributed by atoms with van der Waals surface area (Å²) < 4.78 is 15.9. The fourth-order valence-electron chi connectivity index (χ4n) is 2.31. The van der Waals surface area contributed by atoms with Gasteiger partial charge in [0.15, 0.2) is 0 Å². The maximum atomic E-state index is 12.0. The quantitative estimate of drug-likeness (QED) is 0.931. The van der Waals surface area contributed by atoms with E-state index in [1.807, 2.05) is 18.2 Å². The number of nitrogens with one attached hydrogen (secondary N) is 1. The molecular weight excluding hydrogens is 258 g/mol. The van der Waals surface area contributed by atoms with Crippen LogP contribution < -0.4 is 5.32 Å². The van der Waals surface area contributed by atoms with E-state index in [0.29, 0.717) is 19.8 Å². The maximum Gasteiger partial charge on any atom is 0.223 e. The third-order valence-corrected chi connectivity index (χ3v) is 3.50. The van der Waals surface area contributed by atoms with Gasteiger partial charge in [0.25, 0.3) is 0 Å². The van der Waals surface area contributed by atoms with E-state index in [1.54, 1.807) is 12.5 Å². The van der Waals surface area contributed by atoms with Crippen LogP contribution in [-0.2, 0) is 16.1 Å². The third-order valence-electron chi connectivity index (χ3n) is 3.50. The summed E-state index contributed by atoms with van der Waals surface area (Å²) in [6.45, 7) is 1.75. The number of amides is 1. The Morgan fingerprint density at radius 3 is 2.85 bits per heavy atom. The lowest BCUT2D eigenvalue weighted by molar-refractivity contribution is -0.128. The zero-order valence-corrected chi connectivity index (χ0v) is 11.1. The average Bonchev–Trinajstić information content (AvgIpc) is 3.16. The molecule has 0 aliphatic carbocycles. The van der Waals surface area contributed by atoms with E-state index in [-0.39, 0.29) is 11.8 Å². The van der Waals surface area contributed by atoms with Crippen molar-refractivity contribution < 1.29 is 18.4 Å². The largest absolute Gasteiger partial charge is 0.472 e. The second kappa shape index (κ2) is 5.96. The molecule has 2 aromatic heterocycles. The molecule has 0 bridgehead atoms. The van der Waals surface area contributed by atoms with Crippen LogP contribution in [0.15, 0.2) is 39.6 Å². The van der Waals surface area contributed by atoms with Gasteiger partial charge < -0.3 is 18.9 Å². The number of ether oxygens (including phenoxy) is 1. The first-order valence-electron chi connectivity index (χ1n) is 6.79. The first kappa shape index (κ1) is 13.0. The van der Waals surface area contributed by atoms with Gasteiger partial charge in [-0.3, -0.25) is 4.79 Å². The standard InChI is InChI=1S/C15H17NO4/c17-15(11-3-6-18-7-4-11)16-9-13-1-2-14(20-13)12-5-8-19-10-12/h1-2,5,8,10-11H,3-4,6-7,9H2,(H,16,17). The fraction of sp³-hybridized carbons (Fsp3) is 0.400. The van der Waals surface area contributed by atoms with Crippen LogP contribution >= 0.6 is 0 Å². The number of furan rings is 2. The molecule has 3 rings (SSSR count). The second-order valence-corrected chi connectivity index (χ2v) is 4.88. The molecule has 5 heteroatoms. The Morgan fingerprint density at radius 2 is 2.10 bits per heavy atom. The lowest BCUT2D eigenvalue weighted by Crippen LogP contribution is -2.33. The molecule has 0 aromatic carbocycles. The van der Waals surface area contributed by atoms with E-state index in [4.69, 9.17) is 13.6 Å². The van der Waals surface area contributed by atoms with Gasteiger partial charge in [-0.25, -0.2) is 0 Å². The zero-order chi connectivity index (χ0) is 13.8. The smallest absolute Gasteiger partial charge is 0.223 e. The van der Waals surface area contributed by atoms with Crippen molar-refractivity contribution in [3.8, 4) is 11.3 Å². The van der Waals surface area contributed by atoms with Crippen LogP contribution in [0, 0.1) is 5.92 Å². The molecule has 1 aliphatic rings. The molecule has 0 radical (unpaired) electrons. The van der Waals surface area contributed by atoms with Gasteiger partial charge in [-0.1, -0.05) is 0 Å². The van der Waals surface area contributed by atoms with Crippen molar-refractivity contribution in [2.24, 2.45) is 5.92 Å². The van der Waals surface area contributed by atoms with Crippen molar-refractivity contribution in [1.82, 2.24) is 5.32 Å². The molecule has 0 saturated carbocycles. The Morgan fingerprint density at radius 1 is 1.25 bits per heavy atom. The molecule has 20 heavy (non-hydrogen) atoms. The van der Waals surface area contributed by atoms with Gasteiger partial charge in [0.1, 0.15) is 17.8 Å². The van der Waals surface area contributed by atoms with Crippen LogP contribution in [0.5, 0.6) is 0 Å². The fourth-order valence-corrected chi connectivity index (χ4v) is 2.31. The molecular formula is C15H17NO4. The predicted octanol–water partition coefficient (Wildman–Crippen LogP) is 2.58. The molecule has 1 amide bonds. The number of hydrogen-bond acceptors (Lipinski definition) is 4. The van der Waals surface area contributed by atoms with Crippen LogP contribution in [-0.4, -0.2) is 19.1 Å². The van der Waals surface area contributed by atoms with Crippen molar-refractivity contribution in [1.29, 1.82) is 0 Å². The number of rotatable bonds is 4. The Bertz CT molecular complexity index is 552. The molecule has 0 unspecified atom stereocenters. The maximum absolute atomic E-state index is 12.0. The summed E-state index contributed by atoms with van der Waals surface area (Å²) in [7, 11) is 0. The van der Waals surface area contributed by atoms with Crippen molar-refractivity contribution in [3.63, 3.8) is 0 Å². The molecule has 5 nitrogen and oxygen atoms in total. The molecule has 0 atom stereocenters. The Hall–Kier alpha value is -2.01. The van der Waals surface area contributed by atoms with Gasteiger partial charge >= 0.3 is 0 Å². The first-order chi connectivity index (χ1) is 9.83. The molecule has 1 fully saturated rings. The van der Waals surface area contributed by atoms with Crippen molar-refractivity contribution in [2.75, 3.05) is 13.2 Å². The van der Waals surface area contributed by atoms with E-state index in [9.17, 15) is 4.79 Å². The number of hydrogen-bond donors (Lipinski definition) is 1. The Balaban J connectivity index is 1.54. The SMILES string of the molecule is O=C(NCc1ccc(-c2ccoc2)o1)C1CCOCC1. The predicted molar refractivity (Wildman–Crippen MR) is 71.8 cm³/mol. The summed E-state index contributed by atoms with van der Waals surface area (Å²) >= 11 is 0. The summed E-state index contributed by atoms with van der Waals surface area (Å²) in [5, 5.41) is 2.92. The zero-order valence-electron chi connectivity index (χ0n) is 11.1. The highest BCUT2D eigenvalue weighted by atomic mass is 16.5. The Labute approximate surface area is 116 Å². The summed E-state index contributed by atoms with van der Waals surface area (Å²) in [5.74, 6) is 1.62. The monoisotopic (exact) mass is 275 g/mol. The van der Waals surface area contributed by atoms with Gasteiger partial charge in [0.2, 0.25) is 5.91 Å². The number of carbonyl (C=O) groups excluding carboxylic acids is 1. The third kappa shape index (κ3) is 2.93. The Kier molecular flexibility index (Phi) is 3.87. The average molecular weight is 275 g/mol. The molecule has 1 N–H and O–H groups in total. The number of carbonyl (C=O) groups is 1. The van der Waals surface area contributed by atoms with Crippen LogP contribution in [0.4, 0.5) is 0 Å². The van der Waals surface area contributed by atoms with Crippen molar-refractivity contribution in [2.45, 2.75) is 19.4 Å². The normalized spacial score (nSPS) is 16.2. The lowest BCUT2D eigenvalue weighted by Gasteiger charge is -2.20. The highest BCUT2D eigenvalue weighted by molar-refractivity contribution is 5.78. The molecule has 0 spiro atoms. The van der Waals surface area contributed by atoms with E-state index < -0.39 is 0 Å². The van der Waals surface area contributed by atoms with E-state index in [0.717, 1.165) is 29.9 Å². The second-order valence-electron chi connectivity index (χ2n) is 4.88. The van der Waals surface area contributed by atoms with Gasteiger partial charge in [0, 0.05) is 19.1 Å². The highest BCUT2D eigenvalue weighted by Gasteiger charge is 2.21. The molecule has 1 aliphatic heterocycles. The van der Waals surface area contributed by atoms with Crippen LogP contribution in [0.3, 0.4) is 0 Å². The minimum absolute atomic E-state index is 0.0621. The molecule has 3 heterocycles. The molecule has 2 aromatic rings. The van der Waals surface area contributed by atoms with Gasteiger partial charge in [-0.15, -0.1) is 0 Å². The van der Waals surface area contributed by atoms with Crippen LogP contribution in [0.2, 0.25) is 0 Å². The first-order valence-corrected chi connectivity index (χ1v) is 6.79. The summed E-state index contributed by atoms with van der Waals surface area (Å²) in [4.78, 5) is 12.0. The van der Waals surface area contributed by atoms with E-state index in [1.165, 1.54) is 0 Å². The minimum Gasteiger partial charge on any atom is -0.472 e. The molecule has 1 saturated heterocycles. The van der Waals surface area contributed by atoms with Crippen LogP contribution in [0.1, 0.15) is 18.6 Å². The summed E-state index contributed by atoms with van der Waals surface area (Å²) in [6, 6.07) is 5.58. The van der Waals surface area contributed by atoms with E-state index >= 15 is 0 Å². The minimum atomic E-state index is 0.0621. The van der Waals surface area contributed by atoms with Gasteiger partial charge in [-0.2, -0.15) is 0 Å². The summed E-state index contributed by atoms with van der Waals surface area (Å²) in [6.07, 6.45) is 4.82. The highest BCUT2D eigenvalue weighted by Crippen LogP contribution is 2.22. The lowest BCUT2D eigenvalue weighted by atomic mass is 9.99. The van der Waals surface area contributed by atoms with Gasteiger partial charge in [0.05, 0.1) is 18.4 Å². The van der Waals surface area contributed by atoms with Crippen molar-refractivity contribution >= 4 is 5.91 Å². The van der Waals surface area contributed by atoms with E-state index in [2.05, 4.69) is 5.32 Å². The molecule has 106 valence electrons. The summed E-state index contributed by atoms with van der Waals surface area (Å²) in [5.41, 5.74) is 0.895. The van der Waals surface area contributed by atoms with Gasteiger partial charge in [-0.05, 0) is 31.0 Å².